The SMILES string of the molecule is C/C=[N]/[Ge][C]([Si](C)(C)C)([Si](C)(C)C)[Si](C)(C)C. The van der Waals surface area contributed by atoms with E-state index in [9.17, 15) is 0 Å². The Morgan fingerprint density at radius 1 is 0.765 bits per heavy atom. The molecule has 0 saturated carbocycles. The summed E-state index contributed by atoms with van der Waals surface area (Å²) in [5.74, 6) is 0. The van der Waals surface area contributed by atoms with Crippen LogP contribution in [0.1, 0.15) is 6.92 Å². The van der Waals surface area contributed by atoms with Crippen LogP contribution in [-0.2, 0) is 0 Å². The molecule has 2 radical (unpaired) electrons. The van der Waals surface area contributed by atoms with Crippen molar-refractivity contribution in [3.8, 4) is 0 Å². The molecule has 100 valence electrons. The number of rotatable bonds is 5. The standard InChI is InChI=1S/C12H31GeNSi3/c1-11-14-13-12(15(2,3)4,16(5,6)7)17(8,9)10/h11H,1-10H3/b14-11+. The first kappa shape index (κ1) is 17.9. The van der Waals surface area contributed by atoms with E-state index in [1.165, 1.54) is 0 Å². The van der Waals surface area contributed by atoms with Crippen LogP contribution < -0.4 is 0 Å². The number of hydrogen-bond donors (Lipinski definition) is 0. The van der Waals surface area contributed by atoms with Crippen molar-refractivity contribution in [1.29, 1.82) is 0 Å². The van der Waals surface area contributed by atoms with Crippen molar-refractivity contribution in [3.05, 3.63) is 0 Å². The molecule has 0 aromatic carbocycles. The van der Waals surface area contributed by atoms with Crippen molar-refractivity contribution >= 4 is 46.1 Å². The zero-order valence-corrected chi connectivity index (χ0v) is 18.6. The van der Waals surface area contributed by atoms with E-state index >= 15 is 0 Å². The summed E-state index contributed by atoms with van der Waals surface area (Å²) in [5.41, 5.74) is 0. The Bertz CT molecular complexity index is 246. The molecule has 0 unspecified atom stereocenters. The normalized spacial score (nSPS) is 15.6. The Labute approximate surface area is 119 Å². The molecule has 0 saturated heterocycles. The molecule has 0 heterocycles. The summed E-state index contributed by atoms with van der Waals surface area (Å²) in [6, 6.07) is 0. The molecule has 1 nitrogen and oxygen atoms in total. The van der Waals surface area contributed by atoms with Crippen molar-refractivity contribution in [2.75, 3.05) is 0 Å². The van der Waals surface area contributed by atoms with E-state index in [1.54, 1.807) is 0 Å². The summed E-state index contributed by atoms with van der Waals surface area (Å²) < 4.78 is 5.56. The topological polar surface area (TPSA) is 12.4 Å². The van der Waals surface area contributed by atoms with E-state index in [2.05, 4.69) is 72.1 Å². The molecule has 5 heteroatoms. The second kappa shape index (κ2) is 5.47. The van der Waals surface area contributed by atoms with Crippen LogP contribution in [0.2, 0.25) is 62.0 Å². The molecule has 0 amide bonds. The van der Waals surface area contributed by atoms with E-state index in [0.29, 0.717) is 3.12 Å². The summed E-state index contributed by atoms with van der Waals surface area (Å²) in [4.78, 5) is 0. The average molecular weight is 346 g/mol. The fraction of sp³-hybridized carbons (Fsp3) is 0.917. The zero-order chi connectivity index (χ0) is 14.1. The monoisotopic (exact) mass is 347 g/mol. The first-order chi connectivity index (χ1) is 7.31. The fourth-order valence-corrected chi connectivity index (χ4v) is 40.1. The summed E-state index contributed by atoms with van der Waals surface area (Å²) in [7, 11) is -3.54. The van der Waals surface area contributed by atoms with Gasteiger partial charge in [0, 0.05) is 0 Å². The average Bonchev–Trinajstić information content (AvgIpc) is 1.96. The maximum atomic E-state index is 4.85. The van der Waals surface area contributed by atoms with Gasteiger partial charge >= 0.3 is 119 Å². The van der Waals surface area contributed by atoms with Crippen LogP contribution in [0.4, 0.5) is 0 Å². The minimum absolute atomic E-state index is 0.197. The molecule has 0 atom stereocenters. The molecular formula is C12H31GeNSi3. The van der Waals surface area contributed by atoms with E-state index < -0.39 is 24.2 Å². The van der Waals surface area contributed by atoms with Gasteiger partial charge < -0.3 is 0 Å². The fourth-order valence-electron chi connectivity index (χ4n) is 4.04. The van der Waals surface area contributed by atoms with Gasteiger partial charge in [0.05, 0.1) is 0 Å². The second-order valence-electron chi connectivity index (χ2n) is 8.00. The molecular weight excluding hydrogens is 315 g/mol. The Morgan fingerprint density at radius 2 is 1.06 bits per heavy atom. The summed E-state index contributed by atoms with van der Waals surface area (Å²) in [5, 5.41) is 0. The predicted octanol–water partition coefficient (Wildman–Crippen LogP) is 4.49. The third kappa shape index (κ3) is 3.45. The Kier molecular flexibility index (Phi) is 5.74. The van der Waals surface area contributed by atoms with Crippen LogP contribution in [-0.4, -0.2) is 46.1 Å². The minimum atomic E-state index is -1.18. The Morgan fingerprint density at radius 3 is 1.24 bits per heavy atom. The van der Waals surface area contributed by atoms with Crippen molar-refractivity contribution in [2.45, 2.75) is 69.0 Å². The van der Waals surface area contributed by atoms with Crippen molar-refractivity contribution in [2.24, 2.45) is 3.95 Å². The Balaban J connectivity index is 5.92. The van der Waals surface area contributed by atoms with E-state index in [4.69, 9.17) is 3.95 Å². The van der Waals surface area contributed by atoms with Crippen LogP contribution in [0.3, 0.4) is 0 Å². The molecule has 0 bridgehead atoms. The summed E-state index contributed by atoms with van der Waals surface area (Å²) >= 11 is -0.197. The molecule has 17 heavy (non-hydrogen) atoms. The molecule has 0 rings (SSSR count). The van der Waals surface area contributed by atoms with Crippen molar-refractivity contribution < 1.29 is 0 Å². The zero-order valence-electron chi connectivity index (χ0n) is 13.5. The molecule has 0 aliphatic rings. The number of nitrogens with zero attached hydrogens (tertiary/aromatic N) is 1. The van der Waals surface area contributed by atoms with Gasteiger partial charge in [0.15, 0.2) is 0 Å². The molecule has 0 N–H and O–H groups in total. The van der Waals surface area contributed by atoms with Gasteiger partial charge in [-0.3, -0.25) is 0 Å². The third-order valence-corrected chi connectivity index (χ3v) is 41.4. The third-order valence-electron chi connectivity index (χ3n) is 3.74. The van der Waals surface area contributed by atoms with Gasteiger partial charge in [-0.15, -0.1) is 0 Å². The Hall–Kier alpha value is 0.864. The molecule has 0 aromatic heterocycles. The van der Waals surface area contributed by atoms with Gasteiger partial charge in [-0.05, 0) is 0 Å². The van der Waals surface area contributed by atoms with Gasteiger partial charge in [0.1, 0.15) is 0 Å². The number of hydrogen-bond acceptors (Lipinski definition) is 1. The van der Waals surface area contributed by atoms with Crippen LogP contribution in [0.5, 0.6) is 0 Å². The maximum absolute atomic E-state index is 4.85. The quantitative estimate of drug-likeness (QED) is 0.514. The first-order valence-electron chi connectivity index (χ1n) is 6.56. The van der Waals surface area contributed by atoms with Gasteiger partial charge in [0.25, 0.3) is 0 Å². The molecule has 0 aromatic rings. The van der Waals surface area contributed by atoms with Gasteiger partial charge in [0.2, 0.25) is 0 Å². The van der Waals surface area contributed by atoms with Crippen molar-refractivity contribution in [1.82, 2.24) is 0 Å². The van der Waals surface area contributed by atoms with Crippen LogP contribution in [0.25, 0.3) is 0 Å². The van der Waals surface area contributed by atoms with Gasteiger partial charge in [-0.25, -0.2) is 0 Å². The van der Waals surface area contributed by atoms with Crippen molar-refractivity contribution in [3.63, 3.8) is 0 Å². The van der Waals surface area contributed by atoms with E-state index in [0.717, 1.165) is 0 Å². The van der Waals surface area contributed by atoms with E-state index in [-0.39, 0.29) is 15.7 Å². The van der Waals surface area contributed by atoms with Crippen LogP contribution in [0.15, 0.2) is 3.95 Å². The van der Waals surface area contributed by atoms with Gasteiger partial charge in [-0.2, -0.15) is 0 Å². The molecule has 0 spiro atoms. The summed E-state index contributed by atoms with van der Waals surface area (Å²) in [6.07, 6.45) is 2.06. The summed E-state index contributed by atoms with van der Waals surface area (Å²) in [6.45, 7) is 25.4. The van der Waals surface area contributed by atoms with E-state index in [1.807, 2.05) is 0 Å². The first-order valence-corrected chi connectivity index (χ1v) is 19.0. The molecule has 0 aliphatic heterocycles. The molecule has 0 fully saturated rings. The van der Waals surface area contributed by atoms with Crippen LogP contribution in [0, 0.1) is 0 Å². The molecule has 0 aliphatic carbocycles. The van der Waals surface area contributed by atoms with Crippen LogP contribution >= 0.6 is 0 Å². The predicted molar refractivity (Wildman–Crippen MR) is 92.7 cm³/mol. The van der Waals surface area contributed by atoms with Gasteiger partial charge in [-0.1, -0.05) is 0 Å². The second-order valence-corrected chi connectivity index (χ2v) is 31.0.